The van der Waals surface area contributed by atoms with Crippen LogP contribution in [-0.2, 0) is 14.8 Å². The summed E-state index contributed by atoms with van der Waals surface area (Å²) in [5.41, 5.74) is 8.38. The van der Waals surface area contributed by atoms with Crippen molar-refractivity contribution in [2.24, 2.45) is 4.99 Å². The quantitative estimate of drug-likeness (QED) is 0.322. The van der Waals surface area contributed by atoms with E-state index in [1.54, 1.807) is 54.4 Å². The third-order valence-corrected chi connectivity index (χ3v) is 8.05. The first-order valence-corrected chi connectivity index (χ1v) is 13.4. The first-order valence-electron chi connectivity index (χ1n) is 12.0. The molecule has 0 radical (unpaired) electrons. The van der Waals surface area contributed by atoms with Crippen molar-refractivity contribution in [1.29, 1.82) is 0 Å². The standard InChI is InChI=1S/C26H31FN6O3S/c1-18-5-11-22(12-6-18)37(35,36)33-15-13-23(25(33)28)26(29-2)31-21-4-3-14-32(17-21)24(34)16-30-20-9-7-19(27)8-10-20/h5-13,15,21,30H,3-4,14,16-17,28H2,1-2H3,(H,29,31)/t21-/m0/s1. The summed E-state index contributed by atoms with van der Waals surface area (Å²) in [7, 11) is -2.26. The summed E-state index contributed by atoms with van der Waals surface area (Å²) in [5.74, 6) is 0.111. The van der Waals surface area contributed by atoms with E-state index in [0.717, 1.165) is 22.4 Å². The Morgan fingerprint density at radius 1 is 1.14 bits per heavy atom. The van der Waals surface area contributed by atoms with Gasteiger partial charge in [-0.25, -0.2) is 16.8 Å². The Morgan fingerprint density at radius 2 is 1.84 bits per heavy atom. The maximum atomic E-state index is 13.1. The number of nitrogen functional groups attached to an aromatic ring is 1. The number of carbonyl (C=O) groups excluding carboxylic acids is 1. The average molecular weight is 527 g/mol. The molecule has 4 N–H and O–H groups in total. The number of hydrogen-bond acceptors (Lipinski definition) is 6. The first-order chi connectivity index (χ1) is 17.7. The summed E-state index contributed by atoms with van der Waals surface area (Å²) in [5, 5.41) is 6.37. The third kappa shape index (κ3) is 5.93. The van der Waals surface area contributed by atoms with Gasteiger partial charge in [-0.1, -0.05) is 17.7 Å². The van der Waals surface area contributed by atoms with Crippen molar-refractivity contribution in [3.8, 4) is 0 Å². The van der Waals surface area contributed by atoms with E-state index in [4.69, 9.17) is 5.73 Å². The van der Waals surface area contributed by atoms with E-state index >= 15 is 0 Å². The Balaban J connectivity index is 1.42. The lowest BCUT2D eigenvalue weighted by molar-refractivity contribution is -0.130. The SMILES string of the molecule is CN=C(N[C@H]1CCCN(C(=O)CNc2ccc(F)cc2)C1)c1ccn(S(=O)(=O)c2ccc(C)cc2)c1N. The van der Waals surface area contributed by atoms with Crippen LogP contribution in [0.15, 0.2) is 70.7 Å². The van der Waals surface area contributed by atoms with Crippen LogP contribution in [0.2, 0.25) is 0 Å². The van der Waals surface area contributed by atoms with Gasteiger partial charge in [-0.2, -0.15) is 0 Å². The van der Waals surface area contributed by atoms with Crippen molar-refractivity contribution in [3.63, 3.8) is 0 Å². The fourth-order valence-electron chi connectivity index (χ4n) is 4.30. The Kier molecular flexibility index (Phi) is 7.82. The summed E-state index contributed by atoms with van der Waals surface area (Å²) in [6.07, 6.45) is 3.04. The second-order valence-corrected chi connectivity index (χ2v) is 10.8. The number of piperidine rings is 1. The van der Waals surface area contributed by atoms with Gasteiger partial charge in [-0.15, -0.1) is 0 Å². The lowest BCUT2D eigenvalue weighted by atomic mass is 10.0. The number of amides is 1. The highest BCUT2D eigenvalue weighted by Gasteiger charge is 2.27. The van der Waals surface area contributed by atoms with Gasteiger partial charge in [0.25, 0.3) is 10.0 Å². The van der Waals surface area contributed by atoms with Crippen LogP contribution in [-0.4, -0.2) is 61.8 Å². The Morgan fingerprint density at radius 3 is 2.51 bits per heavy atom. The predicted molar refractivity (Wildman–Crippen MR) is 143 cm³/mol. The highest BCUT2D eigenvalue weighted by molar-refractivity contribution is 7.90. The molecule has 1 aromatic heterocycles. The van der Waals surface area contributed by atoms with Gasteiger partial charge in [0.15, 0.2) is 0 Å². The first kappa shape index (κ1) is 26.2. The molecule has 0 saturated carbocycles. The van der Waals surface area contributed by atoms with Crippen molar-refractivity contribution in [3.05, 3.63) is 77.7 Å². The van der Waals surface area contributed by atoms with Crippen LogP contribution in [0.25, 0.3) is 0 Å². The van der Waals surface area contributed by atoms with Crippen LogP contribution in [0.4, 0.5) is 15.9 Å². The van der Waals surface area contributed by atoms with Crippen LogP contribution < -0.4 is 16.4 Å². The molecule has 3 aromatic rings. The lowest BCUT2D eigenvalue weighted by Gasteiger charge is -2.34. The van der Waals surface area contributed by atoms with Crippen LogP contribution in [0, 0.1) is 12.7 Å². The van der Waals surface area contributed by atoms with Crippen LogP contribution in [0.1, 0.15) is 24.0 Å². The number of likely N-dealkylation sites (tertiary alicyclic amines) is 1. The van der Waals surface area contributed by atoms with E-state index < -0.39 is 10.0 Å². The monoisotopic (exact) mass is 526 g/mol. The normalized spacial score (nSPS) is 16.5. The molecule has 0 spiro atoms. The minimum Gasteiger partial charge on any atom is -0.384 e. The topological polar surface area (TPSA) is 122 Å². The van der Waals surface area contributed by atoms with E-state index in [1.165, 1.54) is 18.3 Å². The highest BCUT2D eigenvalue weighted by Crippen LogP contribution is 2.23. The number of nitrogens with two attached hydrogens (primary N) is 1. The number of rotatable bonds is 7. The van der Waals surface area contributed by atoms with Crippen molar-refractivity contribution < 1.29 is 17.6 Å². The van der Waals surface area contributed by atoms with Crippen molar-refractivity contribution in [2.75, 3.05) is 37.7 Å². The van der Waals surface area contributed by atoms with Gasteiger partial charge in [0, 0.05) is 38.1 Å². The molecule has 4 rings (SSSR count). The number of benzene rings is 2. The number of nitrogens with one attached hydrogen (secondary N) is 2. The molecule has 1 aliphatic heterocycles. The summed E-state index contributed by atoms with van der Waals surface area (Å²) in [6.45, 7) is 3.08. The third-order valence-electron chi connectivity index (χ3n) is 6.35. The maximum Gasteiger partial charge on any atom is 0.269 e. The predicted octanol–water partition coefficient (Wildman–Crippen LogP) is 2.82. The highest BCUT2D eigenvalue weighted by atomic mass is 32.2. The molecule has 1 aliphatic rings. The molecule has 2 heterocycles. The summed E-state index contributed by atoms with van der Waals surface area (Å²) in [4.78, 5) is 19.0. The molecule has 2 aromatic carbocycles. The Bertz CT molecular complexity index is 1380. The smallest absolute Gasteiger partial charge is 0.269 e. The fraction of sp³-hybridized carbons (Fsp3) is 0.308. The molecule has 1 fully saturated rings. The molecule has 1 amide bonds. The van der Waals surface area contributed by atoms with Gasteiger partial charge in [0.2, 0.25) is 5.91 Å². The zero-order valence-corrected chi connectivity index (χ0v) is 21.6. The molecule has 37 heavy (non-hydrogen) atoms. The number of halogens is 1. The number of anilines is 2. The second kappa shape index (κ2) is 11.0. The van der Waals surface area contributed by atoms with E-state index in [9.17, 15) is 17.6 Å². The van der Waals surface area contributed by atoms with Crippen LogP contribution >= 0.6 is 0 Å². The number of aryl methyl sites for hydroxylation is 1. The molecule has 1 saturated heterocycles. The number of amidine groups is 1. The largest absolute Gasteiger partial charge is 0.384 e. The summed E-state index contributed by atoms with van der Waals surface area (Å²) >= 11 is 0. The maximum absolute atomic E-state index is 13.1. The van der Waals surface area contributed by atoms with Crippen molar-refractivity contribution >= 4 is 33.3 Å². The zero-order valence-electron chi connectivity index (χ0n) is 20.8. The van der Waals surface area contributed by atoms with Crippen LogP contribution in [0.5, 0.6) is 0 Å². The molecular weight excluding hydrogens is 495 g/mol. The van der Waals surface area contributed by atoms with Crippen molar-refractivity contribution in [2.45, 2.75) is 30.7 Å². The average Bonchev–Trinajstić information content (AvgIpc) is 3.29. The molecule has 9 nitrogen and oxygen atoms in total. The molecule has 1 atom stereocenters. The van der Waals surface area contributed by atoms with E-state index in [0.29, 0.717) is 30.2 Å². The van der Waals surface area contributed by atoms with Gasteiger partial charge >= 0.3 is 0 Å². The second-order valence-electron chi connectivity index (χ2n) is 8.98. The Labute approximate surface area is 216 Å². The molecular formula is C26H31FN6O3S. The molecule has 11 heteroatoms. The number of aliphatic imine (C=N–C) groups is 1. The van der Waals surface area contributed by atoms with Crippen molar-refractivity contribution in [1.82, 2.24) is 14.2 Å². The molecule has 0 unspecified atom stereocenters. The molecule has 0 bridgehead atoms. The summed E-state index contributed by atoms with van der Waals surface area (Å²) < 4.78 is 40.4. The summed E-state index contributed by atoms with van der Waals surface area (Å²) in [6, 6.07) is 14.0. The molecule has 196 valence electrons. The minimum atomic E-state index is -3.86. The van der Waals surface area contributed by atoms with Gasteiger partial charge in [0.1, 0.15) is 17.5 Å². The molecule has 0 aliphatic carbocycles. The van der Waals surface area contributed by atoms with Gasteiger partial charge in [-0.3, -0.25) is 9.79 Å². The van der Waals surface area contributed by atoms with E-state index in [2.05, 4.69) is 15.6 Å². The van der Waals surface area contributed by atoms with Crippen LogP contribution in [0.3, 0.4) is 0 Å². The van der Waals surface area contributed by atoms with Gasteiger partial charge in [-0.05, 0) is 62.2 Å². The minimum absolute atomic E-state index is 0.0564. The van der Waals surface area contributed by atoms with E-state index in [-0.39, 0.29) is 35.0 Å². The number of aromatic nitrogens is 1. The zero-order chi connectivity index (χ0) is 26.6. The number of hydrogen-bond donors (Lipinski definition) is 3. The van der Waals surface area contributed by atoms with Gasteiger partial charge < -0.3 is 21.3 Å². The fourth-order valence-corrected chi connectivity index (χ4v) is 5.58. The lowest BCUT2D eigenvalue weighted by Crippen LogP contribution is -2.51. The van der Waals surface area contributed by atoms with Gasteiger partial charge in [0.05, 0.1) is 17.0 Å². The number of carbonyl (C=O) groups is 1. The number of nitrogens with zero attached hydrogens (tertiary/aromatic N) is 3. The Hall–Kier alpha value is -3.86. The van der Waals surface area contributed by atoms with E-state index in [1.807, 2.05) is 6.92 Å².